The molecule has 9 aliphatic rings. The lowest BCUT2D eigenvalue weighted by molar-refractivity contribution is -0.367. The summed E-state index contributed by atoms with van der Waals surface area (Å²) in [7, 11) is 0. The van der Waals surface area contributed by atoms with Crippen LogP contribution in [0.15, 0.2) is 36.5 Å². The summed E-state index contributed by atoms with van der Waals surface area (Å²) in [5.74, 6) is -4.41. The highest BCUT2D eigenvalue weighted by Gasteiger charge is 2.64. The molecule has 2 bridgehead atoms. The number of aliphatic carboxylic acids is 1. The molecule has 3 spiro atoms. The number of hydrogen-bond donors (Lipinski definition) is 4. The summed E-state index contributed by atoms with van der Waals surface area (Å²) in [5, 5.41) is 37.3. The Hall–Kier alpha value is -1.75. The smallest absolute Gasteiger partial charge is 0.303 e. The van der Waals surface area contributed by atoms with E-state index in [2.05, 4.69) is 52.6 Å². The molecule has 8 saturated heterocycles. The van der Waals surface area contributed by atoms with E-state index in [1.807, 2.05) is 25.2 Å². The van der Waals surface area contributed by atoms with Gasteiger partial charge in [-0.3, -0.25) is 10.1 Å². The predicted molar refractivity (Wildman–Crippen MR) is 219 cm³/mol. The Morgan fingerprint density at radius 1 is 0.867 bits per heavy atom. The molecule has 9 heterocycles. The second-order valence-corrected chi connectivity index (χ2v) is 20.9. The summed E-state index contributed by atoms with van der Waals surface area (Å²) in [6.45, 7) is 18.5. The number of aliphatic hydroxyl groups excluding tert-OH is 1. The van der Waals surface area contributed by atoms with E-state index in [9.17, 15) is 15.0 Å². The Morgan fingerprint density at radius 3 is 2.45 bits per heavy atom. The fourth-order valence-corrected chi connectivity index (χ4v) is 12.8. The van der Waals surface area contributed by atoms with E-state index in [0.717, 1.165) is 37.8 Å². The zero-order chi connectivity index (χ0) is 42.4. The SMILES string of the molecule is C=C(C[C@@]12C[C@@H](C)C[C@@H](O1)[C@H]1O[C@]3(C[C@H]1O2)NC[C@H](C)C[C@@H]3C)[C@H]1O[C@@](O)([C@H](O)[C@H]2C[C@@H]3O[C@@]4(CC[C@]5(C=CC[C@@H](/C=C/CCC(=O)O)O5)O4)[C@@H](C)C[C@@H]3O2)[C@H](C)C[C@@H]1C. The number of ether oxygens (including phenoxy) is 8. The van der Waals surface area contributed by atoms with Crippen LogP contribution in [0.25, 0.3) is 0 Å². The van der Waals surface area contributed by atoms with Crippen LogP contribution < -0.4 is 5.32 Å². The number of allylic oxidation sites excluding steroid dienone is 1. The van der Waals surface area contributed by atoms with E-state index in [-0.39, 0.29) is 60.8 Å². The van der Waals surface area contributed by atoms with Crippen molar-refractivity contribution in [2.45, 2.75) is 209 Å². The fraction of sp³-hybridized carbons (Fsp3) is 0.851. The highest BCUT2D eigenvalue weighted by Crippen LogP contribution is 2.55. The van der Waals surface area contributed by atoms with Crippen LogP contribution in [0.4, 0.5) is 0 Å². The van der Waals surface area contributed by atoms with Gasteiger partial charge in [-0.2, -0.15) is 0 Å². The number of nitrogens with one attached hydrogen (secondary N) is 1. The van der Waals surface area contributed by atoms with E-state index in [1.54, 1.807) is 0 Å². The third-order valence-corrected chi connectivity index (χ3v) is 15.9. The Bertz CT molecular complexity index is 1690. The predicted octanol–water partition coefficient (Wildman–Crippen LogP) is 6.26. The number of carbonyl (C=O) groups is 1. The first kappa shape index (κ1) is 43.5. The van der Waals surface area contributed by atoms with E-state index in [0.29, 0.717) is 69.1 Å². The standard InChI is InChI=1S/C47H71NO12/c1-26-18-36-41-38(24-45(58-41)30(5)17-27(2)25-48-45)56-44(22-26,55-36)23-29(4)40-28(3)19-32(7)47(52,59-40)42(51)37-21-35-34(53-37)20-31(6)46(57-35)16-15-43(60-46)14-10-12-33(54-43)11-8-9-13-39(49)50/h8,10-11,14,26-28,30-38,40-42,48,51-52H,4,9,12-13,15-25H2,1-3,5-7H3,(H,49,50)/b11-8+/t26-,27+,28-,30-,31-,32+,33+,34-,35-,36+,37+,38+,40-,41+,42+,43-,44-,45-,46+,47+/m0/s1. The van der Waals surface area contributed by atoms with Crippen molar-refractivity contribution >= 4 is 5.97 Å². The average molecular weight is 842 g/mol. The van der Waals surface area contributed by atoms with Crippen molar-refractivity contribution in [3.63, 3.8) is 0 Å². The van der Waals surface area contributed by atoms with Gasteiger partial charge in [-0.15, -0.1) is 0 Å². The molecule has 0 amide bonds. The normalized spacial score (nSPS) is 52.9. The van der Waals surface area contributed by atoms with Gasteiger partial charge in [0.05, 0.1) is 42.7 Å². The second-order valence-electron chi connectivity index (χ2n) is 20.9. The molecular weight excluding hydrogens is 771 g/mol. The first-order valence-electron chi connectivity index (χ1n) is 23.3. The summed E-state index contributed by atoms with van der Waals surface area (Å²) in [4.78, 5) is 11.0. The summed E-state index contributed by atoms with van der Waals surface area (Å²) >= 11 is 0. The molecule has 0 aromatic carbocycles. The molecule has 9 rings (SSSR count). The molecule has 8 fully saturated rings. The molecule has 336 valence electrons. The van der Waals surface area contributed by atoms with Crippen LogP contribution in [0.2, 0.25) is 0 Å². The van der Waals surface area contributed by atoms with Crippen molar-refractivity contribution in [1.29, 1.82) is 0 Å². The van der Waals surface area contributed by atoms with E-state index in [4.69, 9.17) is 43.0 Å². The van der Waals surface area contributed by atoms with Gasteiger partial charge in [0.2, 0.25) is 0 Å². The van der Waals surface area contributed by atoms with Gasteiger partial charge in [0.25, 0.3) is 0 Å². The summed E-state index contributed by atoms with van der Waals surface area (Å²) in [5.41, 5.74) is 0.390. The maximum absolute atomic E-state index is 12.4. The molecule has 4 N–H and O–H groups in total. The van der Waals surface area contributed by atoms with Gasteiger partial charge >= 0.3 is 5.97 Å². The molecular formula is C47H71NO12. The molecule has 0 aliphatic carbocycles. The molecule has 13 heteroatoms. The number of carboxylic acids is 1. The van der Waals surface area contributed by atoms with Gasteiger partial charge in [-0.25, -0.2) is 0 Å². The maximum atomic E-state index is 12.4. The van der Waals surface area contributed by atoms with Gasteiger partial charge in [0.15, 0.2) is 23.1 Å². The van der Waals surface area contributed by atoms with Crippen LogP contribution in [0.5, 0.6) is 0 Å². The van der Waals surface area contributed by atoms with Gasteiger partial charge in [-0.05, 0) is 73.8 Å². The summed E-state index contributed by atoms with van der Waals surface area (Å²) < 4.78 is 54.1. The largest absolute Gasteiger partial charge is 0.481 e. The minimum absolute atomic E-state index is 0.0210. The summed E-state index contributed by atoms with van der Waals surface area (Å²) in [6, 6.07) is 0. The lowest BCUT2D eigenvalue weighted by atomic mass is 9.76. The maximum Gasteiger partial charge on any atom is 0.303 e. The highest BCUT2D eigenvalue weighted by atomic mass is 16.8. The van der Waals surface area contributed by atoms with Crippen LogP contribution in [0.3, 0.4) is 0 Å². The zero-order valence-corrected chi connectivity index (χ0v) is 36.6. The number of aliphatic hydroxyl groups is 2. The van der Waals surface area contributed by atoms with Crippen molar-refractivity contribution in [2.24, 2.45) is 35.5 Å². The van der Waals surface area contributed by atoms with Crippen molar-refractivity contribution < 1.29 is 58.0 Å². The minimum Gasteiger partial charge on any atom is -0.481 e. The van der Waals surface area contributed by atoms with Crippen LogP contribution >= 0.6 is 0 Å². The zero-order valence-electron chi connectivity index (χ0n) is 36.6. The Morgan fingerprint density at radius 2 is 1.67 bits per heavy atom. The quantitative estimate of drug-likeness (QED) is 0.193. The molecule has 0 radical (unpaired) electrons. The van der Waals surface area contributed by atoms with E-state index in [1.165, 1.54) is 0 Å². The average Bonchev–Trinajstić information content (AvgIpc) is 3.87. The molecule has 0 aromatic rings. The Labute approximate surface area is 355 Å². The van der Waals surface area contributed by atoms with Crippen molar-refractivity contribution in [2.75, 3.05) is 6.54 Å². The summed E-state index contributed by atoms with van der Waals surface area (Å²) in [6.07, 6.45) is 12.2. The molecule has 60 heavy (non-hydrogen) atoms. The first-order valence-corrected chi connectivity index (χ1v) is 23.3. The molecule has 20 atom stereocenters. The highest BCUT2D eigenvalue weighted by molar-refractivity contribution is 5.66. The van der Waals surface area contributed by atoms with Crippen molar-refractivity contribution in [3.8, 4) is 0 Å². The number of piperidine rings is 1. The van der Waals surface area contributed by atoms with Crippen LogP contribution in [0.1, 0.15) is 125 Å². The second kappa shape index (κ2) is 16.0. The van der Waals surface area contributed by atoms with E-state index >= 15 is 0 Å². The molecule has 0 unspecified atom stereocenters. The van der Waals surface area contributed by atoms with Crippen molar-refractivity contribution in [3.05, 3.63) is 36.5 Å². The monoisotopic (exact) mass is 841 g/mol. The van der Waals surface area contributed by atoms with Gasteiger partial charge in [0.1, 0.15) is 17.9 Å². The lowest BCUT2D eigenvalue weighted by Crippen LogP contribution is -2.62. The van der Waals surface area contributed by atoms with Gasteiger partial charge in [-0.1, -0.05) is 66.3 Å². The van der Waals surface area contributed by atoms with E-state index < -0.39 is 53.2 Å². The molecule has 13 nitrogen and oxygen atoms in total. The Balaban J connectivity index is 0.846. The topological polar surface area (TPSA) is 164 Å². The fourth-order valence-electron chi connectivity index (χ4n) is 12.8. The number of fused-ring (bicyclic) bond motifs is 5. The number of hydrogen-bond acceptors (Lipinski definition) is 12. The van der Waals surface area contributed by atoms with Crippen LogP contribution in [-0.2, 0) is 42.7 Å². The molecule has 0 aromatic heterocycles. The third kappa shape index (κ3) is 7.81. The van der Waals surface area contributed by atoms with Gasteiger partial charge < -0.3 is 53.2 Å². The number of rotatable bonds is 9. The first-order chi connectivity index (χ1) is 28.4. The third-order valence-electron chi connectivity index (χ3n) is 15.9. The van der Waals surface area contributed by atoms with Gasteiger partial charge in [0, 0.05) is 63.3 Å². The Kier molecular flexibility index (Phi) is 11.6. The molecule has 0 saturated carbocycles. The van der Waals surface area contributed by atoms with Crippen LogP contribution in [-0.4, -0.2) is 112 Å². The van der Waals surface area contributed by atoms with Crippen molar-refractivity contribution in [1.82, 2.24) is 5.32 Å². The minimum atomic E-state index is -1.88. The van der Waals surface area contributed by atoms with Crippen LogP contribution in [0, 0.1) is 35.5 Å². The number of carboxylic acid groups (broad SMARTS) is 1. The lowest BCUT2D eigenvalue weighted by Gasteiger charge is -2.53. The molecule has 9 aliphatic heterocycles.